The van der Waals surface area contributed by atoms with Gasteiger partial charge in [-0.15, -0.1) is 0 Å². The maximum absolute atomic E-state index is 11.4. The highest BCUT2D eigenvalue weighted by atomic mass is 16.5. The fourth-order valence-electron chi connectivity index (χ4n) is 5.57. The van der Waals surface area contributed by atoms with E-state index in [-0.39, 0.29) is 24.1 Å². The van der Waals surface area contributed by atoms with Crippen LogP contribution in [-0.4, -0.2) is 24.1 Å². The molecular formula is C40H80O4. The van der Waals surface area contributed by atoms with Crippen molar-refractivity contribution in [3.63, 3.8) is 0 Å². The first-order valence-electron chi connectivity index (χ1n) is 19.7. The molecule has 0 aromatic carbocycles. The van der Waals surface area contributed by atoms with Gasteiger partial charge in [0, 0.05) is 12.8 Å². The molecule has 0 unspecified atom stereocenters. The maximum Gasteiger partial charge on any atom is 0.306 e. The van der Waals surface area contributed by atoms with Crippen molar-refractivity contribution < 1.29 is 19.1 Å². The van der Waals surface area contributed by atoms with E-state index in [2.05, 4.69) is 13.8 Å². The van der Waals surface area contributed by atoms with E-state index in [1.54, 1.807) is 0 Å². The Kier molecular flexibility index (Phi) is 39.0. The smallest absolute Gasteiger partial charge is 0.306 e. The molecule has 0 rings (SSSR count). The number of carbonyl (C=O) groups is 2. The van der Waals surface area contributed by atoms with E-state index >= 15 is 0 Å². The van der Waals surface area contributed by atoms with Crippen molar-refractivity contribution in [2.24, 2.45) is 0 Å². The predicted molar refractivity (Wildman–Crippen MR) is 192 cm³/mol. The molecule has 0 aromatic rings. The Morgan fingerprint density at radius 1 is 0.341 bits per heavy atom. The standard InChI is InChI=1S/C21H42O2.C19H38O2/c1-4-5-6-7-8-9-10-11-12-13-14-15-16-17-18-19-21(22)23-20(2)3;1-4-5-6-7-8-9-10-11-12-13-14-15-16-17-19(20)21-18(2)3/h20H,4-19H2,1-3H3;18H,4-17H2,1-3H3. The zero-order valence-corrected chi connectivity index (χ0v) is 31.0. The van der Waals surface area contributed by atoms with E-state index in [0.29, 0.717) is 12.8 Å². The second-order valence-corrected chi connectivity index (χ2v) is 13.8. The van der Waals surface area contributed by atoms with Crippen LogP contribution < -0.4 is 0 Å². The normalized spacial score (nSPS) is 11.1. The van der Waals surface area contributed by atoms with Gasteiger partial charge in [0.2, 0.25) is 0 Å². The van der Waals surface area contributed by atoms with Crippen LogP contribution in [0.1, 0.15) is 234 Å². The van der Waals surface area contributed by atoms with Crippen LogP contribution in [0.15, 0.2) is 0 Å². The van der Waals surface area contributed by atoms with Gasteiger partial charge in [0.05, 0.1) is 12.2 Å². The molecule has 4 heteroatoms. The first-order valence-corrected chi connectivity index (χ1v) is 19.7. The average Bonchev–Trinajstić information content (AvgIpc) is 2.97. The van der Waals surface area contributed by atoms with Crippen molar-refractivity contribution in [3.8, 4) is 0 Å². The molecule has 0 N–H and O–H groups in total. The van der Waals surface area contributed by atoms with Crippen LogP contribution in [0.5, 0.6) is 0 Å². The van der Waals surface area contributed by atoms with Crippen molar-refractivity contribution in [1.29, 1.82) is 0 Å². The summed E-state index contributed by atoms with van der Waals surface area (Å²) in [5.41, 5.74) is 0. The average molecular weight is 625 g/mol. The van der Waals surface area contributed by atoms with Gasteiger partial charge >= 0.3 is 11.9 Å². The first-order chi connectivity index (χ1) is 21.3. The molecule has 0 heterocycles. The Hall–Kier alpha value is -1.06. The van der Waals surface area contributed by atoms with Crippen LogP contribution in [0.2, 0.25) is 0 Å². The van der Waals surface area contributed by atoms with Gasteiger partial charge in [0.1, 0.15) is 0 Å². The molecule has 0 spiro atoms. The van der Waals surface area contributed by atoms with Gasteiger partial charge in [-0.25, -0.2) is 0 Å². The molecule has 0 aliphatic rings. The quantitative estimate of drug-likeness (QED) is 0.0552. The van der Waals surface area contributed by atoms with Crippen LogP contribution in [0, 0.1) is 0 Å². The molecule has 0 bridgehead atoms. The number of hydrogen-bond donors (Lipinski definition) is 0. The lowest BCUT2D eigenvalue weighted by molar-refractivity contribution is -0.148. The molecule has 0 atom stereocenters. The third kappa shape index (κ3) is 43.1. The van der Waals surface area contributed by atoms with E-state index in [1.807, 2.05) is 27.7 Å². The van der Waals surface area contributed by atoms with E-state index in [1.165, 1.54) is 167 Å². The Morgan fingerprint density at radius 2 is 0.523 bits per heavy atom. The van der Waals surface area contributed by atoms with E-state index < -0.39 is 0 Å². The summed E-state index contributed by atoms with van der Waals surface area (Å²) in [6.07, 6.45) is 38.9. The summed E-state index contributed by atoms with van der Waals surface area (Å²) >= 11 is 0. The monoisotopic (exact) mass is 625 g/mol. The highest BCUT2D eigenvalue weighted by molar-refractivity contribution is 5.69. The summed E-state index contributed by atoms with van der Waals surface area (Å²) in [6.45, 7) is 12.2. The third-order valence-corrected chi connectivity index (χ3v) is 8.20. The molecule has 0 amide bonds. The van der Waals surface area contributed by atoms with E-state index in [4.69, 9.17) is 9.47 Å². The lowest BCUT2D eigenvalue weighted by Crippen LogP contribution is -2.10. The molecule has 264 valence electrons. The highest BCUT2D eigenvalue weighted by Gasteiger charge is 2.05. The van der Waals surface area contributed by atoms with Crippen molar-refractivity contribution >= 4 is 11.9 Å². The van der Waals surface area contributed by atoms with Crippen LogP contribution in [0.25, 0.3) is 0 Å². The van der Waals surface area contributed by atoms with Gasteiger partial charge in [0.15, 0.2) is 0 Å². The lowest BCUT2D eigenvalue weighted by atomic mass is 10.0. The minimum Gasteiger partial charge on any atom is -0.463 e. The van der Waals surface area contributed by atoms with Crippen molar-refractivity contribution in [3.05, 3.63) is 0 Å². The summed E-state index contributed by atoms with van der Waals surface area (Å²) < 4.78 is 10.2. The summed E-state index contributed by atoms with van der Waals surface area (Å²) in [6, 6.07) is 0. The van der Waals surface area contributed by atoms with Crippen molar-refractivity contribution in [1.82, 2.24) is 0 Å². The van der Waals surface area contributed by atoms with Gasteiger partial charge in [-0.2, -0.15) is 0 Å². The zero-order chi connectivity index (χ0) is 32.9. The third-order valence-electron chi connectivity index (χ3n) is 8.20. The number of esters is 2. The van der Waals surface area contributed by atoms with Crippen molar-refractivity contribution in [2.75, 3.05) is 0 Å². The van der Waals surface area contributed by atoms with Crippen LogP contribution in [0.3, 0.4) is 0 Å². The summed E-state index contributed by atoms with van der Waals surface area (Å²) in [5.74, 6) is -0.0669. The van der Waals surface area contributed by atoms with Crippen LogP contribution in [-0.2, 0) is 19.1 Å². The number of ether oxygens (including phenoxy) is 2. The van der Waals surface area contributed by atoms with Gasteiger partial charge < -0.3 is 9.47 Å². The molecule has 0 aromatic heterocycles. The Labute approximate surface area is 277 Å². The van der Waals surface area contributed by atoms with Gasteiger partial charge in [-0.3, -0.25) is 9.59 Å². The second-order valence-electron chi connectivity index (χ2n) is 13.8. The molecule has 0 aliphatic heterocycles. The fraction of sp³-hybridized carbons (Fsp3) is 0.950. The molecule has 44 heavy (non-hydrogen) atoms. The first kappa shape index (κ1) is 45.1. The predicted octanol–water partition coefficient (Wildman–Crippen LogP) is 13.6. The summed E-state index contributed by atoms with van der Waals surface area (Å²) in [4.78, 5) is 22.7. The molecule has 4 nitrogen and oxygen atoms in total. The summed E-state index contributed by atoms with van der Waals surface area (Å²) in [5, 5.41) is 0. The minimum absolute atomic E-state index is 0.0267. The molecule has 0 aliphatic carbocycles. The Morgan fingerprint density at radius 3 is 0.705 bits per heavy atom. The largest absolute Gasteiger partial charge is 0.463 e. The highest BCUT2D eigenvalue weighted by Crippen LogP contribution is 2.15. The number of rotatable bonds is 32. The fourth-order valence-corrected chi connectivity index (χ4v) is 5.57. The summed E-state index contributed by atoms with van der Waals surface area (Å²) in [7, 11) is 0. The van der Waals surface area contributed by atoms with Crippen LogP contribution >= 0.6 is 0 Å². The molecule has 0 saturated heterocycles. The number of hydrogen-bond acceptors (Lipinski definition) is 4. The SMILES string of the molecule is CCCCCCCCCCCCCCCC(=O)OC(C)C.CCCCCCCCCCCCCCCCCC(=O)OC(C)C. The van der Waals surface area contributed by atoms with Gasteiger partial charge in [-0.1, -0.05) is 181 Å². The van der Waals surface area contributed by atoms with Gasteiger partial charge in [-0.05, 0) is 40.5 Å². The van der Waals surface area contributed by atoms with Crippen LogP contribution in [0.4, 0.5) is 0 Å². The van der Waals surface area contributed by atoms with Gasteiger partial charge in [0.25, 0.3) is 0 Å². The Bertz CT molecular complexity index is 572. The molecule has 0 radical (unpaired) electrons. The molecule has 0 saturated carbocycles. The topological polar surface area (TPSA) is 52.6 Å². The molecular weight excluding hydrogens is 544 g/mol. The van der Waals surface area contributed by atoms with Crippen molar-refractivity contribution in [2.45, 2.75) is 246 Å². The molecule has 0 fully saturated rings. The van der Waals surface area contributed by atoms with E-state index in [0.717, 1.165) is 12.8 Å². The minimum atomic E-state index is -0.0342. The second kappa shape index (κ2) is 38.1. The number of carbonyl (C=O) groups excluding carboxylic acids is 2. The maximum atomic E-state index is 11.4. The van der Waals surface area contributed by atoms with E-state index in [9.17, 15) is 9.59 Å². The zero-order valence-electron chi connectivity index (χ0n) is 31.0. The lowest BCUT2D eigenvalue weighted by Gasteiger charge is -2.07. The number of unbranched alkanes of at least 4 members (excludes halogenated alkanes) is 26. The Balaban J connectivity index is 0.